The second-order valence-corrected chi connectivity index (χ2v) is 29.5. The van der Waals surface area contributed by atoms with Gasteiger partial charge >= 0.3 is 0 Å². The van der Waals surface area contributed by atoms with Crippen molar-refractivity contribution in [2.24, 2.45) is 0 Å². The van der Waals surface area contributed by atoms with Gasteiger partial charge in [0, 0.05) is 53.6 Å². The van der Waals surface area contributed by atoms with E-state index in [1.165, 1.54) is 116 Å². The molecular weight excluding hydrogens is 966 g/mol. The van der Waals surface area contributed by atoms with Crippen LogP contribution in [0.3, 0.4) is 0 Å². The molecule has 8 aromatic carbocycles. The maximum Gasteiger partial charge on any atom is 0.198 e. The molecular formula is C72H74BN3OS. The van der Waals surface area contributed by atoms with E-state index in [1.54, 1.807) is 0 Å². The van der Waals surface area contributed by atoms with Crippen molar-refractivity contribution in [2.75, 3.05) is 10.2 Å². The number of hydrogen-bond acceptors (Lipinski definition) is 4. The maximum atomic E-state index is 6.82. The van der Waals surface area contributed by atoms with Crippen LogP contribution in [0.15, 0.2) is 133 Å². The van der Waals surface area contributed by atoms with Crippen LogP contribution in [-0.4, -0.2) is 11.8 Å². The van der Waals surface area contributed by atoms with Crippen molar-refractivity contribution in [3.8, 4) is 28.3 Å². The van der Waals surface area contributed by atoms with Gasteiger partial charge in [-0.25, -0.2) is 0 Å². The van der Waals surface area contributed by atoms with Crippen molar-refractivity contribution in [3.05, 3.63) is 167 Å². The van der Waals surface area contributed by atoms with Gasteiger partial charge in [0.25, 0.3) is 0 Å². The van der Waals surface area contributed by atoms with E-state index < -0.39 is 0 Å². The minimum Gasteiger partial charge on any atom is -0.453 e. The van der Waals surface area contributed by atoms with Crippen LogP contribution in [0.5, 0.6) is 11.5 Å². The van der Waals surface area contributed by atoms with E-state index in [9.17, 15) is 0 Å². The summed E-state index contributed by atoms with van der Waals surface area (Å²) in [7, 11) is 0.799. The summed E-state index contributed by atoms with van der Waals surface area (Å²) in [4.78, 5) is 2.53. The first-order valence-corrected chi connectivity index (χ1v) is 29.6. The molecule has 392 valence electrons. The topological polar surface area (TPSA) is 29.4 Å². The molecule has 10 aromatic rings. The largest absolute Gasteiger partial charge is 0.453 e. The minimum atomic E-state index is -0.0183. The molecule has 0 atom stereocenters. The number of benzene rings is 8. The predicted octanol–water partition coefficient (Wildman–Crippen LogP) is 19.1. The van der Waals surface area contributed by atoms with Crippen molar-refractivity contribution in [2.45, 2.75) is 155 Å². The summed E-state index contributed by atoms with van der Waals surface area (Å²) in [5, 5.41) is 9.39. The maximum absolute atomic E-state index is 6.82. The second kappa shape index (κ2) is 16.4. The Morgan fingerprint density at radius 3 is 1.63 bits per heavy atom. The number of para-hydroxylation sites is 4. The number of rotatable bonds is 4. The van der Waals surface area contributed by atoms with E-state index in [2.05, 4.69) is 245 Å². The molecule has 0 spiro atoms. The molecule has 2 aliphatic heterocycles. The fourth-order valence-corrected chi connectivity index (χ4v) is 15.3. The fraction of sp³-hybridized carbons (Fsp3) is 0.333. The normalized spacial score (nSPS) is 17.5. The Labute approximate surface area is 467 Å². The van der Waals surface area contributed by atoms with Crippen molar-refractivity contribution in [3.63, 3.8) is 0 Å². The monoisotopic (exact) mass is 1040 g/mol. The van der Waals surface area contributed by atoms with E-state index in [1.807, 2.05) is 11.3 Å². The third-order valence-electron chi connectivity index (χ3n) is 19.2. The smallest absolute Gasteiger partial charge is 0.198 e. The molecule has 4 heterocycles. The van der Waals surface area contributed by atoms with Gasteiger partial charge < -0.3 is 19.5 Å². The molecule has 78 heavy (non-hydrogen) atoms. The third-order valence-corrected chi connectivity index (χ3v) is 20.3. The summed E-state index contributed by atoms with van der Waals surface area (Å²) in [5.74, 6) is 1.71. The molecule has 0 saturated heterocycles. The van der Waals surface area contributed by atoms with Crippen LogP contribution in [0, 0.1) is 0 Å². The number of nitrogens with one attached hydrogen (secondary N) is 1. The number of anilines is 5. The lowest BCUT2D eigenvalue weighted by Gasteiger charge is -2.42. The Balaban J connectivity index is 1.15. The summed E-state index contributed by atoms with van der Waals surface area (Å²) in [6.07, 6.45) is 4.67. The molecule has 4 nitrogen and oxygen atoms in total. The Kier molecular flexibility index (Phi) is 10.4. The number of thiophene rings is 1. The molecule has 0 amide bonds. The highest BCUT2D eigenvalue weighted by Crippen LogP contribution is 2.57. The third kappa shape index (κ3) is 7.44. The molecule has 2 aliphatic carbocycles. The van der Waals surface area contributed by atoms with E-state index >= 15 is 0 Å². The van der Waals surface area contributed by atoms with Gasteiger partial charge in [0.2, 0.25) is 0 Å². The summed E-state index contributed by atoms with van der Waals surface area (Å²) in [6, 6.07) is 51.9. The molecule has 2 aromatic heterocycles. The molecule has 14 rings (SSSR count). The van der Waals surface area contributed by atoms with Gasteiger partial charge in [-0.2, -0.15) is 0 Å². The summed E-state index contributed by atoms with van der Waals surface area (Å²) >= 11 is 1.95. The number of fused-ring (bicyclic) bond motifs is 12. The van der Waals surface area contributed by atoms with E-state index in [4.69, 9.17) is 4.74 Å². The van der Waals surface area contributed by atoms with Crippen LogP contribution in [0.1, 0.15) is 156 Å². The Morgan fingerprint density at radius 2 is 1.03 bits per heavy atom. The van der Waals surface area contributed by atoms with Crippen molar-refractivity contribution in [1.29, 1.82) is 0 Å². The van der Waals surface area contributed by atoms with Gasteiger partial charge in [0.05, 0.1) is 28.1 Å². The Morgan fingerprint density at radius 1 is 0.500 bits per heavy atom. The van der Waals surface area contributed by atoms with Crippen molar-refractivity contribution >= 4 is 100.0 Å². The SMILES string of the molecule is CC(C)(C)c1ccc(Nc2cc3sc4cc5c(cc4c3cc2-c2cc(N3c4ccccc4Oc4ccccc43)c3c4cc6c(cc4n4c3c2Bc2cc(C(C)(C)C)ccc2-4)C(C)(C)CCC6(C)C)C(C)(C)CCC5(C)C)cc1. The zero-order valence-corrected chi connectivity index (χ0v) is 49.3. The lowest BCUT2D eigenvalue weighted by Crippen LogP contribution is -2.38. The van der Waals surface area contributed by atoms with Gasteiger partial charge in [0.15, 0.2) is 18.8 Å². The summed E-state index contributed by atoms with van der Waals surface area (Å²) in [6.45, 7) is 33.7. The summed E-state index contributed by atoms with van der Waals surface area (Å²) < 4.78 is 12.2. The zero-order valence-electron chi connectivity index (χ0n) is 48.4. The average Bonchev–Trinajstić information content (AvgIpc) is 3.36. The first kappa shape index (κ1) is 49.5. The van der Waals surface area contributed by atoms with E-state index in [0.717, 1.165) is 60.1 Å². The van der Waals surface area contributed by atoms with Gasteiger partial charge in [-0.3, -0.25) is 0 Å². The highest BCUT2D eigenvalue weighted by Gasteiger charge is 2.41. The minimum absolute atomic E-state index is 0.0167. The standard InChI is InChI=1S/C72H74BN3OS/c1-67(2,3)41-23-26-43(27-24-41)74-54-40-63-45(46-35-49-52(39-62(46)78-63)72(13,14)32-30-69(49,7)8)34-44(54)47-37-59(75-56-19-15-17-21-60(56)77-61-22-18-16-20-57(61)75)64-48-36-50-51(71(11,12)31-29-70(50,9)10)38-58(48)76-55-28-25-42(68(4,5)6)33-53(55)73-65(47)66(64)76/h15-28,33-40,73-74H,29-32H2,1-14H3. The van der Waals surface area contributed by atoms with E-state index in [-0.39, 0.29) is 32.5 Å². The lowest BCUT2D eigenvalue weighted by molar-refractivity contribution is 0.332. The Hall–Kier alpha value is -6.76. The van der Waals surface area contributed by atoms with Crippen LogP contribution in [-0.2, 0) is 32.5 Å². The molecule has 1 N–H and O–H groups in total. The van der Waals surface area contributed by atoms with Gasteiger partial charge in [-0.1, -0.05) is 151 Å². The molecule has 0 saturated carbocycles. The van der Waals surface area contributed by atoms with Gasteiger partial charge in [-0.15, -0.1) is 11.3 Å². The van der Waals surface area contributed by atoms with Crippen molar-refractivity contribution in [1.82, 2.24) is 4.57 Å². The van der Waals surface area contributed by atoms with Crippen LogP contribution in [0.2, 0.25) is 0 Å². The fourth-order valence-electron chi connectivity index (χ4n) is 14.1. The number of hydrogen-bond donors (Lipinski definition) is 1. The molecule has 0 radical (unpaired) electrons. The molecule has 4 aliphatic rings. The molecule has 0 fully saturated rings. The van der Waals surface area contributed by atoms with Crippen molar-refractivity contribution < 1.29 is 4.74 Å². The second-order valence-electron chi connectivity index (χ2n) is 28.4. The highest BCUT2D eigenvalue weighted by atomic mass is 32.1. The van der Waals surface area contributed by atoms with Gasteiger partial charge in [0.1, 0.15) is 0 Å². The number of aromatic nitrogens is 1. The average molecular weight is 1040 g/mol. The highest BCUT2D eigenvalue weighted by molar-refractivity contribution is 7.25. The number of ether oxygens (including phenoxy) is 1. The van der Waals surface area contributed by atoms with E-state index in [0.29, 0.717) is 0 Å². The van der Waals surface area contributed by atoms with Crippen LogP contribution in [0.4, 0.5) is 28.4 Å². The lowest BCUT2D eigenvalue weighted by atomic mass is 9.58. The Bertz CT molecular complexity index is 4160. The molecule has 0 unspecified atom stereocenters. The van der Waals surface area contributed by atoms with Gasteiger partial charge in [-0.05, 0) is 188 Å². The molecule has 0 bridgehead atoms. The quantitative estimate of drug-likeness (QED) is 0.178. The van der Waals surface area contributed by atoms with Crippen LogP contribution >= 0.6 is 11.3 Å². The first-order valence-electron chi connectivity index (χ1n) is 28.8. The summed E-state index contributed by atoms with van der Waals surface area (Å²) in [5.41, 5.74) is 23.4. The molecule has 6 heteroatoms. The predicted molar refractivity (Wildman–Crippen MR) is 338 cm³/mol. The zero-order chi connectivity index (χ0) is 54.4. The van der Waals surface area contributed by atoms with Crippen LogP contribution < -0.4 is 25.9 Å². The van der Waals surface area contributed by atoms with Crippen LogP contribution in [0.25, 0.3) is 58.8 Å². The first-order chi connectivity index (χ1) is 36.9. The number of nitrogens with zero attached hydrogens (tertiary/aromatic N) is 2.